The Morgan fingerprint density at radius 1 is 1.00 bits per heavy atom. The van der Waals surface area contributed by atoms with Gasteiger partial charge in [0.1, 0.15) is 5.75 Å². The van der Waals surface area contributed by atoms with Gasteiger partial charge in [0, 0.05) is 23.7 Å². The lowest BCUT2D eigenvalue weighted by atomic mass is 10.0. The van der Waals surface area contributed by atoms with Gasteiger partial charge in [0.2, 0.25) is 0 Å². The molecule has 1 heterocycles. The van der Waals surface area contributed by atoms with Gasteiger partial charge >= 0.3 is 0 Å². The van der Waals surface area contributed by atoms with E-state index in [0.717, 1.165) is 28.0 Å². The van der Waals surface area contributed by atoms with Crippen molar-refractivity contribution in [2.45, 2.75) is 19.5 Å². The van der Waals surface area contributed by atoms with E-state index in [1.165, 1.54) is 24.1 Å². The molecular formula is C24H24FN3O2. The van der Waals surface area contributed by atoms with Gasteiger partial charge in [-0.3, -0.25) is 5.10 Å². The second-order valence-corrected chi connectivity index (χ2v) is 7.19. The molecule has 0 saturated carbocycles. The van der Waals surface area contributed by atoms with Crippen molar-refractivity contribution >= 4 is 10.8 Å². The number of nitrogens with zero attached hydrogens (tertiary/aromatic N) is 1. The number of ether oxygens (including phenoxy) is 2. The van der Waals surface area contributed by atoms with Crippen molar-refractivity contribution in [2.24, 2.45) is 0 Å². The van der Waals surface area contributed by atoms with Gasteiger partial charge in [0.05, 0.1) is 26.1 Å². The molecule has 0 radical (unpaired) electrons. The van der Waals surface area contributed by atoms with Crippen LogP contribution in [0.5, 0.6) is 11.5 Å². The maximum atomic E-state index is 14.1. The summed E-state index contributed by atoms with van der Waals surface area (Å²) in [6, 6.07) is 17.5. The van der Waals surface area contributed by atoms with E-state index in [4.69, 9.17) is 9.47 Å². The Balaban J connectivity index is 1.49. The summed E-state index contributed by atoms with van der Waals surface area (Å²) in [5, 5.41) is 13.0. The van der Waals surface area contributed by atoms with Crippen molar-refractivity contribution in [3.8, 4) is 22.8 Å². The van der Waals surface area contributed by atoms with Crippen molar-refractivity contribution in [3.63, 3.8) is 0 Å². The molecule has 3 aromatic carbocycles. The predicted octanol–water partition coefficient (Wildman–Crippen LogP) is 5.24. The van der Waals surface area contributed by atoms with Crippen LogP contribution in [0.2, 0.25) is 0 Å². The molecule has 1 aromatic heterocycles. The Hall–Kier alpha value is -3.38. The van der Waals surface area contributed by atoms with Crippen LogP contribution in [-0.4, -0.2) is 24.4 Å². The molecule has 0 aliphatic rings. The third kappa shape index (κ3) is 4.00. The van der Waals surface area contributed by atoms with Crippen molar-refractivity contribution in [2.75, 3.05) is 14.2 Å². The zero-order chi connectivity index (χ0) is 21.1. The summed E-state index contributed by atoms with van der Waals surface area (Å²) in [6.45, 7) is 2.72. The molecule has 5 nitrogen and oxygen atoms in total. The Morgan fingerprint density at radius 2 is 1.80 bits per heavy atom. The number of fused-ring (bicyclic) bond motifs is 1. The number of methoxy groups -OCH3 is 2. The summed E-state index contributed by atoms with van der Waals surface area (Å²) in [4.78, 5) is 0. The summed E-state index contributed by atoms with van der Waals surface area (Å²) in [7, 11) is 3.13. The lowest BCUT2D eigenvalue weighted by Gasteiger charge is -2.15. The van der Waals surface area contributed by atoms with Crippen LogP contribution >= 0.6 is 0 Å². The average molecular weight is 405 g/mol. The largest absolute Gasteiger partial charge is 0.497 e. The molecule has 1 atom stereocenters. The van der Waals surface area contributed by atoms with Gasteiger partial charge in [-0.15, -0.1) is 0 Å². The fourth-order valence-corrected chi connectivity index (χ4v) is 3.54. The molecule has 6 heteroatoms. The number of aromatic amines is 1. The van der Waals surface area contributed by atoms with Gasteiger partial charge in [-0.05, 0) is 59.7 Å². The maximum absolute atomic E-state index is 14.1. The van der Waals surface area contributed by atoms with E-state index in [1.807, 2.05) is 18.2 Å². The number of aromatic nitrogens is 2. The topological polar surface area (TPSA) is 59.2 Å². The van der Waals surface area contributed by atoms with E-state index >= 15 is 0 Å². The highest BCUT2D eigenvalue weighted by atomic mass is 19.1. The van der Waals surface area contributed by atoms with Crippen molar-refractivity contribution < 1.29 is 13.9 Å². The molecule has 1 unspecified atom stereocenters. The molecule has 0 bridgehead atoms. The Morgan fingerprint density at radius 3 is 2.57 bits per heavy atom. The molecule has 0 aliphatic carbocycles. The number of hydrogen-bond acceptors (Lipinski definition) is 4. The molecule has 2 N–H and O–H groups in total. The quantitative estimate of drug-likeness (QED) is 0.442. The molecule has 0 fully saturated rings. The lowest BCUT2D eigenvalue weighted by Crippen LogP contribution is -2.18. The summed E-state index contributed by atoms with van der Waals surface area (Å²) in [5.74, 6) is 0.675. The standard InChI is InChI=1S/C24H24FN3O2/c1-15(16-4-5-18-11-21(29-2)8-6-17(18)10-16)26-13-20-14-27-28-24(20)19-7-9-23(30-3)22(25)12-19/h4-12,14-15,26H,13H2,1-3H3,(H,27,28). The lowest BCUT2D eigenvalue weighted by molar-refractivity contribution is 0.386. The molecule has 0 amide bonds. The normalized spacial score (nSPS) is 12.1. The molecular weight excluding hydrogens is 381 g/mol. The summed E-state index contributed by atoms with van der Waals surface area (Å²) in [6.07, 6.45) is 1.77. The van der Waals surface area contributed by atoms with Gasteiger partial charge in [0.25, 0.3) is 0 Å². The van der Waals surface area contributed by atoms with Gasteiger partial charge in [0.15, 0.2) is 11.6 Å². The van der Waals surface area contributed by atoms with Crippen LogP contribution in [-0.2, 0) is 6.54 Å². The Labute approximate surface area is 174 Å². The Bertz CT molecular complexity index is 1170. The van der Waals surface area contributed by atoms with Crippen molar-refractivity contribution in [1.29, 1.82) is 0 Å². The average Bonchev–Trinajstić information content (AvgIpc) is 3.25. The van der Waals surface area contributed by atoms with Gasteiger partial charge < -0.3 is 14.8 Å². The third-order valence-corrected chi connectivity index (χ3v) is 5.33. The first-order chi connectivity index (χ1) is 14.6. The second kappa shape index (κ2) is 8.55. The summed E-state index contributed by atoms with van der Waals surface area (Å²) in [5.41, 5.74) is 3.68. The number of H-pyrrole nitrogens is 1. The van der Waals surface area contributed by atoms with E-state index in [2.05, 4.69) is 46.7 Å². The number of halogens is 1. The van der Waals surface area contributed by atoms with E-state index < -0.39 is 5.82 Å². The molecule has 4 rings (SSSR count). The minimum absolute atomic E-state index is 0.131. The van der Waals surface area contributed by atoms with Crippen LogP contribution in [0.3, 0.4) is 0 Å². The first-order valence-corrected chi connectivity index (χ1v) is 9.76. The summed E-state index contributed by atoms with van der Waals surface area (Å²) >= 11 is 0. The van der Waals surface area contributed by atoms with E-state index in [-0.39, 0.29) is 11.8 Å². The summed E-state index contributed by atoms with van der Waals surface area (Å²) < 4.78 is 24.4. The number of hydrogen-bond donors (Lipinski definition) is 2. The number of benzene rings is 3. The van der Waals surface area contributed by atoms with Crippen molar-refractivity contribution in [3.05, 3.63) is 77.7 Å². The molecule has 30 heavy (non-hydrogen) atoms. The molecule has 0 aliphatic heterocycles. The maximum Gasteiger partial charge on any atom is 0.165 e. The highest BCUT2D eigenvalue weighted by Gasteiger charge is 2.13. The predicted molar refractivity (Wildman–Crippen MR) is 116 cm³/mol. The Kier molecular flexibility index (Phi) is 5.68. The van der Waals surface area contributed by atoms with E-state index in [1.54, 1.807) is 19.4 Å². The number of nitrogens with one attached hydrogen (secondary N) is 2. The fraction of sp³-hybridized carbons (Fsp3) is 0.208. The monoisotopic (exact) mass is 405 g/mol. The molecule has 154 valence electrons. The van der Waals surface area contributed by atoms with Gasteiger partial charge in [-0.2, -0.15) is 5.10 Å². The van der Waals surface area contributed by atoms with Gasteiger partial charge in [-0.25, -0.2) is 4.39 Å². The van der Waals surface area contributed by atoms with Crippen LogP contribution in [0.4, 0.5) is 4.39 Å². The molecule has 0 saturated heterocycles. The number of rotatable bonds is 7. The van der Waals surface area contributed by atoms with Crippen molar-refractivity contribution in [1.82, 2.24) is 15.5 Å². The molecule has 4 aromatic rings. The minimum Gasteiger partial charge on any atom is -0.497 e. The van der Waals surface area contributed by atoms with Gasteiger partial charge in [-0.1, -0.05) is 18.2 Å². The first kappa shape index (κ1) is 19.9. The smallest absolute Gasteiger partial charge is 0.165 e. The van der Waals surface area contributed by atoms with Crippen LogP contribution in [0.25, 0.3) is 22.0 Å². The highest BCUT2D eigenvalue weighted by molar-refractivity contribution is 5.84. The van der Waals surface area contributed by atoms with Crippen LogP contribution < -0.4 is 14.8 Å². The third-order valence-electron chi connectivity index (χ3n) is 5.33. The highest BCUT2D eigenvalue weighted by Crippen LogP contribution is 2.28. The van der Waals surface area contributed by atoms with E-state index in [9.17, 15) is 4.39 Å². The first-order valence-electron chi connectivity index (χ1n) is 9.76. The zero-order valence-corrected chi connectivity index (χ0v) is 17.2. The van der Waals surface area contributed by atoms with Crippen LogP contribution in [0, 0.1) is 5.82 Å². The van der Waals surface area contributed by atoms with Crippen LogP contribution in [0.15, 0.2) is 60.8 Å². The van der Waals surface area contributed by atoms with Crippen LogP contribution in [0.1, 0.15) is 24.1 Å². The zero-order valence-electron chi connectivity index (χ0n) is 17.2. The van der Waals surface area contributed by atoms with E-state index in [0.29, 0.717) is 6.54 Å². The fourth-order valence-electron chi connectivity index (χ4n) is 3.54. The molecule has 0 spiro atoms. The second-order valence-electron chi connectivity index (χ2n) is 7.19. The SMILES string of the molecule is COc1ccc2cc(C(C)NCc3cn[nH]c3-c3ccc(OC)c(F)c3)ccc2c1. The minimum atomic E-state index is -0.398.